The number of hydrogen-bond acceptors (Lipinski definition) is 4. The highest BCUT2D eigenvalue weighted by molar-refractivity contribution is 5.33. The zero-order chi connectivity index (χ0) is 13.0. The van der Waals surface area contributed by atoms with E-state index in [0.29, 0.717) is 18.2 Å². The van der Waals surface area contributed by atoms with Crippen LogP contribution in [-0.2, 0) is 0 Å². The molecule has 1 rings (SSSR count). The summed E-state index contributed by atoms with van der Waals surface area (Å²) in [6.45, 7) is 8.20. The molecule has 5 nitrogen and oxygen atoms in total. The highest BCUT2D eigenvalue weighted by Gasteiger charge is 2.10. The van der Waals surface area contributed by atoms with Crippen LogP contribution in [0.2, 0.25) is 0 Å². The van der Waals surface area contributed by atoms with E-state index in [4.69, 9.17) is 0 Å². The summed E-state index contributed by atoms with van der Waals surface area (Å²) in [5.74, 6) is 1.50. The van der Waals surface area contributed by atoms with Gasteiger partial charge in [-0.05, 0) is 5.92 Å². The molecule has 0 aliphatic heterocycles. The fourth-order valence-electron chi connectivity index (χ4n) is 1.29. The van der Waals surface area contributed by atoms with Gasteiger partial charge in [-0.2, -0.15) is 0 Å². The fraction of sp³-hybridized carbons (Fsp3) is 0.667. The molecule has 0 saturated carbocycles. The Balaban J connectivity index is 2.75. The van der Waals surface area contributed by atoms with Gasteiger partial charge in [0.25, 0.3) is 5.56 Å². The lowest BCUT2D eigenvalue weighted by atomic mass is 10.1. The molecule has 0 radical (unpaired) electrons. The molecular formula is C12H21N3O2. The predicted molar refractivity (Wildman–Crippen MR) is 68.3 cm³/mol. The summed E-state index contributed by atoms with van der Waals surface area (Å²) in [4.78, 5) is 18.4. The van der Waals surface area contributed by atoms with Gasteiger partial charge in [0.05, 0.1) is 6.10 Å². The maximum absolute atomic E-state index is 11.4. The van der Waals surface area contributed by atoms with Crippen molar-refractivity contribution in [3.63, 3.8) is 0 Å². The van der Waals surface area contributed by atoms with E-state index in [1.807, 2.05) is 27.7 Å². The van der Waals surface area contributed by atoms with Gasteiger partial charge in [-0.15, -0.1) is 0 Å². The van der Waals surface area contributed by atoms with Gasteiger partial charge in [0.1, 0.15) is 11.6 Å². The molecule has 3 N–H and O–H groups in total. The molecule has 0 amide bonds. The van der Waals surface area contributed by atoms with Crippen LogP contribution < -0.4 is 10.9 Å². The maximum atomic E-state index is 11.4. The van der Waals surface area contributed by atoms with Gasteiger partial charge in [-0.1, -0.05) is 27.7 Å². The van der Waals surface area contributed by atoms with E-state index in [-0.39, 0.29) is 17.4 Å². The first kappa shape index (κ1) is 13.7. The summed E-state index contributed by atoms with van der Waals surface area (Å²) in [6.07, 6.45) is -0.446. The minimum Gasteiger partial charge on any atom is -0.391 e. The molecule has 0 aliphatic carbocycles. The Hall–Kier alpha value is -1.36. The largest absolute Gasteiger partial charge is 0.391 e. The molecule has 1 atom stereocenters. The molecule has 96 valence electrons. The van der Waals surface area contributed by atoms with Crippen molar-refractivity contribution >= 4 is 5.82 Å². The summed E-state index contributed by atoms with van der Waals surface area (Å²) < 4.78 is 0. The Labute approximate surface area is 101 Å². The van der Waals surface area contributed by atoms with Crippen molar-refractivity contribution in [1.29, 1.82) is 0 Å². The summed E-state index contributed by atoms with van der Waals surface area (Å²) >= 11 is 0. The van der Waals surface area contributed by atoms with Crippen LogP contribution in [0.15, 0.2) is 10.9 Å². The lowest BCUT2D eigenvalue weighted by Gasteiger charge is -2.15. The van der Waals surface area contributed by atoms with Crippen molar-refractivity contribution in [2.45, 2.75) is 39.7 Å². The highest BCUT2D eigenvalue weighted by Crippen LogP contribution is 2.09. The van der Waals surface area contributed by atoms with E-state index in [1.54, 1.807) is 0 Å². The Morgan fingerprint density at radius 1 is 1.41 bits per heavy atom. The lowest BCUT2D eigenvalue weighted by molar-refractivity contribution is 0.138. The van der Waals surface area contributed by atoms with Gasteiger partial charge in [-0.3, -0.25) is 4.79 Å². The van der Waals surface area contributed by atoms with Crippen molar-refractivity contribution < 1.29 is 5.11 Å². The van der Waals surface area contributed by atoms with E-state index in [2.05, 4.69) is 15.3 Å². The van der Waals surface area contributed by atoms with E-state index in [0.717, 1.165) is 0 Å². The number of aliphatic hydroxyl groups is 1. The fourth-order valence-corrected chi connectivity index (χ4v) is 1.29. The van der Waals surface area contributed by atoms with Crippen LogP contribution in [0.3, 0.4) is 0 Å². The number of aromatic amines is 1. The number of nitrogens with zero attached hydrogens (tertiary/aromatic N) is 1. The normalized spacial score (nSPS) is 13.1. The second kappa shape index (κ2) is 5.82. The van der Waals surface area contributed by atoms with E-state index in [9.17, 15) is 9.90 Å². The molecule has 0 spiro atoms. The highest BCUT2D eigenvalue weighted by atomic mass is 16.3. The Morgan fingerprint density at radius 2 is 2.06 bits per heavy atom. The first-order chi connectivity index (χ1) is 7.90. The number of aliphatic hydroxyl groups excluding tert-OH is 1. The van der Waals surface area contributed by atoms with Crippen molar-refractivity contribution in [3.8, 4) is 0 Å². The topological polar surface area (TPSA) is 78.0 Å². The predicted octanol–water partition coefficient (Wildman–Crippen LogP) is 1.32. The molecular weight excluding hydrogens is 218 g/mol. The second-order valence-electron chi connectivity index (χ2n) is 4.86. The first-order valence-electron chi connectivity index (χ1n) is 5.93. The third kappa shape index (κ3) is 4.19. The third-order valence-electron chi connectivity index (χ3n) is 2.57. The van der Waals surface area contributed by atoms with Crippen molar-refractivity contribution in [2.24, 2.45) is 5.92 Å². The molecule has 0 fully saturated rings. The maximum Gasteiger partial charge on any atom is 0.252 e. The second-order valence-corrected chi connectivity index (χ2v) is 4.86. The van der Waals surface area contributed by atoms with Crippen LogP contribution in [0.25, 0.3) is 0 Å². The molecule has 1 unspecified atom stereocenters. The number of rotatable bonds is 5. The Morgan fingerprint density at radius 3 is 2.59 bits per heavy atom. The van der Waals surface area contributed by atoms with Crippen molar-refractivity contribution in [2.75, 3.05) is 11.9 Å². The van der Waals surface area contributed by atoms with Crippen LogP contribution in [-0.4, -0.2) is 27.7 Å². The zero-order valence-electron chi connectivity index (χ0n) is 10.8. The van der Waals surface area contributed by atoms with Crippen LogP contribution >= 0.6 is 0 Å². The van der Waals surface area contributed by atoms with Gasteiger partial charge < -0.3 is 15.4 Å². The van der Waals surface area contributed by atoms with Gasteiger partial charge in [0.2, 0.25) is 0 Å². The molecule has 1 aromatic heterocycles. The van der Waals surface area contributed by atoms with Crippen LogP contribution in [0.4, 0.5) is 5.82 Å². The molecule has 0 aromatic carbocycles. The molecule has 0 bridgehead atoms. The number of H-pyrrole nitrogens is 1. The quantitative estimate of drug-likeness (QED) is 0.724. The standard InChI is InChI=1S/C12H21N3O2/c1-7(2)9(16)6-13-10-5-11(17)15-12(14-10)8(3)4/h5,7-9,16H,6H2,1-4H3,(H2,13,14,15,17). The Bertz CT molecular complexity index is 412. The van der Waals surface area contributed by atoms with Crippen LogP contribution in [0, 0.1) is 5.92 Å². The molecule has 5 heteroatoms. The third-order valence-corrected chi connectivity index (χ3v) is 2.57. The Kier molecular flexibility index (Phi) is 4.69. The van der Waals surface area contributed by atoms with Crippen LogP contribution in [0.5, 0.6) is 0 Å². The monoisotopic (exact) mass is 239 g/mol. The lowest BCUT2D eigenvalue weighted by Crippen LogP contribution is -2.26. The summed E-state index contributed by atoms with van der Waals surface area (Å²) in [5.41, 5.74) is -0.176. The number of nitrogens with one attached hydrogen (secondary N) is 2. The van der Waals surface area contributed by atoms with Crippen molar-refractivity contribution in [1.82, 2.24) is 9.97 Å². The molecule has 0 saturated heterocycles. The van der Waals surface area contributed by atoms with E-state index >= 15 is 0 Å². The first-order valence-corrected chi connectivity index (χ1v) is 5.93. The number of aromatic nitrogens is 2. The average Bonchev–Trinajstić information content (AvgIpc) is 2.24. The van der Waals surface area contributed by atoms with Gasteiger partial charge in [0.15, 0.2) is 0 Å². The van der Waals surface area contributed by atoms with Gasteiger partial charge >= 0.3 is 0 Å². The van der Waals surface area contributed by atoms with Crippen LogP contribution in [0.1, 0.15) is 39.4 Å². The SMILES string of the molecule is CC(C)c1nc(NCC(O)C(C)C)cc(=O)[nH]1. The van der Waals surface area contributed by atoms with Gasteiger partial charge in [0, 0.05) is 18.5 Å². The zero-order valence-corrected chi connectivity index (χ0v) is 10.8. The van der Waals surface area contributed by atoms with E-state index < -0.39 is 6.10 Å². The summed E-state index contributed by atoms with van der Waals surface area (Å²) in [6, 6.07) is 1.40. The average molecular weight is 239 g/mol. The summed E-state index contributed by atoms with van der Waals surface area (Å²) in [7, 11) is 0. The molecule has 1 heterocycles. The van der Waals surface area contributed by atoms with Crippen molar-refractivity contribution in [3.05, 3.63) is 22.2 Å². The molecule has 1 aromatic rings. The summed E-state index contributed by atoms with van der Waals surface area (Å²) in [5, 5.41) is 12.6. The smallest absolute Gasteiger partial charge is 0.252 e. The minimum absolute atomic E-state index is 0.166. The molecule has 17 heavy (non-hydrogen) atoms. The van der Waals surface area contributed by atoms with E-state index in [1.165, 1.54) is 6.07 Å². The number of hydrogen-bond donors (Lipinski definition) is 3. The number of anilines is 1. The molecule has 0 aliphatic rings. The van der Waals surface area contributed by atoms with Gasteiger partial charge in [-0.25, -0.2) is 4.98 Å². The minimum atomic E-state index is -0.446.